The molecule has 0 radical (unpaired) electrons. The maximum absolute atomic E-state index is 13.0. The number of ether oxygens (including phenoxy) is 2. The van der Waals surface area contributed by atoms with Crippen LogP contribution in [-0.4, -0.2) is 40.8 Å². The zero-order valence-corrected chi connectivity index (χ0v) is 21.7. The summed E-state index contributed by atoms with van der Waals surface area (Å²) in [6, 6.07) is 12.8. The van der Waals surface area contributed by atoms with Crippen molar-refractivity contribution in [3.8, 4) is 16.3 Å². The molecule has 0 aliphatic carbocycles. The molecule has 1 atom stereocenters. The number of rotatable bonds is 11. The van der Waals surface area contributed by atoms with Gasteiger partial charge in [-0.15, -0.1) is 11.3 Å². The lowest BCUT2D eigenvalue weighted by Crippen LogP contribution is -2.29. The van der Waals surface area contributed by atoms with Gasteiger partial charge >= 0.3 is 5.97 Å². The summed E-state index contributed by atoms with van der Waals surface area (Å²) in [4.78, 5) is 29.9. The Labute approximate surface area is 214 Å². The third-order valence-corrected chi connectivity index (χ3v) is 6.45. The molecule has 1 amide bonds. The quantitative estimate of drug-likeness (QED) is 0.348. The Morgan fingerprint density at radius 3 is 2.60 bits per heavy atom. The number of halogens is 1. The van der Waals surface area contributed by atoms with E-state index in [4.69, 9.17) is 21.1 Å². The largest absolute Gasteiger partial charge is 0.494 e. The van der Waals surface area contributed by atoms with Gasteiger partial charge in [0.25, 0.3) is 5.91 Å². The summed E-state index contributed by atoms with van der Waals surface area (Å²) in [5.74, 6) is -0.702. The van der Waals surface area contributed by atoms with Crippen molar-refractivity contribution in [2.24, 2.45) is 0 Å². The van der Waals surface area contributed by atoms with Crippen LogP contribution in [-0.2, 0) is 22.5 Å². The number of carboxylic acid groups (broad SMARTS) is 1. The van der Waals surface area contributed by atoms with E-state index in [-0.39, 0.29) is 25.0 Å². The molecule has 0 spiro atoms. The lowest BCUT2D eigenvalue weighted by molar-refractivity contribution is -0.153. The van der Waals surface area contributed by atoms with Gasteiger partial charge in [0.05, 0.1) is 17.7 Å². The van der Waals surface area contributed by atoms with Crippen molar-refractivity contribution in [3.05, 3.63) is 69.2 Å². The Bertz CT molecular complexity index is 1190. The van der Waals surface area contributed by atoms with E-state index in [9.17, 15) is 14.7 Å². The van der Waals surface area contributed by atoms with E-state index in [1.165, 1.54) is 11.3 Å². The Kier molecular flexibility index (Phi) is 9.26. The topological polar surface area (TPSA) is 97.8 Å². The summed E-state index contributed by atoms with van der Waals surface area (Å²) in [5.41, 5.74) is 2.64. The molecule has 0 fully saturated rings. The van der Waals surface area contributed by atoms with Gasteiger partial charge in [-0.05, 0) is 45.4 Å². The second kappa shape index (κ2) is 12.2. The van der Waals surface area contributed by atoms with Crippen LogP contribution in [0.25, 0.3) is 10.6 Å². The Balaban J connectivity index is 1.78. The van der Waals surface area contributed by atoms with E-state index >= 15 is 0 Å². The van der Waals surface area contributed by atoms with Crippen LogP contribution in [0.3, 0.4) is 0 Å². The molecule has 0 bridgehead atoms. The number of carbonyl (C=O) groups excluding carboxylic acids is 1. The lowest BCUT2D eigenvalue weighted by Gasteiger charge is -2.18. The van der Waals surface area contributed by atoms with Crippen LogP contribution in [0.5, 0.6) is 5.75 Å². The third kappa shape index (κ3) is 7.04. The van der Waals surface area contributed by atoms with Gasteiger partial charge < -0.3 is 19.9 Å². The Hall–Kier alpha value is -2.94. The molecule has 0 saturated heterocycles. The second-order valence-corrected chi connectivity index (χ2v) is 9.79. The number of hydrogen-bond donors (Lipinski definition) is 2. The number of benzene rings is 2. The summed E-state index contributed by atoms with van der Waals surface area (Å²) < 4.78 is 11.3. The molecule has 186 valence electrons. The van der Waals surface area contributed by atoms with Gasteiger partial charge in [-0.1, -0.05) is 41.9 Å². The number of carboxylic acids is 1. The highest BCUT2D eigenvalue weighted by atomic mass is 35.5. The smallest absolute Gasteiger partial charge is 0.333 e. The third-order valence-electron chi connectivity index (χ3n) is 5.11. The summed E-state index contributed by atoms with van der Waals surface area (Å²) in [6.45, 7) is 7.98. The molecule has 3 aromatic rings. The van der Waals surface area contributed by atoms with Crippen molar-refractivity contribution in [2.45, 2.75) is 52.9 Å². The monoisotopic (exact) mass is 516 g/mol. The fourth-order valence-corrected chi connectivity index (χ4v) is 4.78. The average molecular weight is 517 g/mol. The molecule has 0 aliphatic heterocycles. The number of thiazole rings is 1. The molecular weight excluding hydrogens is 488 g/mol. The van der Waals surface area contributed by atoms with E-state index in [1.807, 2.05) is 44.2 Å². The SMILES string of the molecule is CCOc1ccc(CC(OC(C)C)C(=O)O)cc1CNC(=O)c1nc(-c2ccccc2Cl)sc1C. The van der Waals surface area contributed by atoms with Crippen LogP contribution in [0.4, 0.5) is 0 Å². The first-order valence-electron chi connectivity index (χ1n) is 11.3. The zero-order valence-electron chi connectivity index (χ0n) is 20.1. The Morgan fingerprint density at radius 2 is 1.94 bits per heavy atom. The fourth-order valence-electron chi connectivity index (χ4n) is 3.55. The lowest BCUT2D eigenvalue weighted by atomic mass is 10.0. The molecule has 35 heavy (non-hydrogen) atoms. The van der Waals surface area contributed by atoms with Gasteiger partial charge in [-0.2, -0.15) is 0 Å². The predicted octanol–water partition coefficient (Wildman–Crippen LogP) is 5.52. The van der Waals surface area contributed by atoms with Crippen LogP contribution in [0.2, 0.25) is 5.02 Å². The molecule has 2 aromatic carbocycles. The van der Waals surface area contributed by atoms with E-state index in [0.717, 1.165) is 21.6 Å². The van der Waals surface area contributed by atoms with Gasteiger partial charge in [0.2, 0.25) is 0 Å². The van der Waals surface area contributed by atoms with Gasteiger partial charge in [-0.25, -0.2) is 9.78 Å². The minimum atomic E-state index is -1.02. The first-order valence-corrected chi connectivity index (χ1v) is 12.5. The number of nitrogens with one attached hydrogen (secondary N) is 1. The minimum Gasteiger partial charge on any atom is -0.494 e. The van der Waals surface area contributed by atoms with Crippen molar-refractivity contribution in [1.82, 2.24) is 10.3 Å². The van der Waals surface area contributed by atoms with Gasteiger partial charge in [0, 0.05) is 29.0 Å². The number of amides is 1. The van der Waals surface area contributed by atoms with Crippen molar-refractivity contribution in [3.63, 3.8) is 0 Å². The molecule has 3 rings (SSSR count). The van der Waals surface area contributed by atoms with Crippen molar-refractivity contribution in [1.29, 1.82) is 0 Å². The standard InChI is InChI=1S/C26H29ClN2O5S/c1-5-33-21-11-10-17(13-22(26(31)32)34-15(2)3)12-18(21)14-28-24(30)23-16(4)35-25(29-23)19-8-6-7-9-20(19)27/h6-12,15,22H,5,13-14H2,1-4H3,(H,28,30)(H,31,32). The maximum atomic E-state index is 13.0. The number of aliphatic carboxylic acids is 1. The summed E-state index contributed by atoms with van der Waals surface area (Å²) >= 11 is 7.70. The highest BCUT2D eigenvalue weighted by Gasteiger charge is 2.22. The number of aromatic nitrogens is 1. The normalized spacial score (nSPS) is 11.9. The second-order valence-electron chi connectivity index (χ2n) is 8.18. The predicted molar refractivity (Wildman–Crippen MR) is 137 cm³/mol. The average Bonchev–Trinajstić information content (AvgIpc) is 3.19. The van der Waals surface area contributed by atoms with Crippen LogP contribution in [0.1, 0.15) is 47.3 Å². The zero-order chi connectivity index (χ0) is 25.5. The van der Waals surface area contributed by atoms with Crippen molar-refractivity contribution < 1.29 is 24.2 Å². The number of hydrogen-bond acceptors (Lipinski definition) is 6. The highest BCUT2D eigenvalue weighted by Crippen LogP contribution is 2.32. The summed E-state index contributed by atoms with van der Waals surface area (Å²) in [6.07, 6.45) is -0.974. The number of carbonyl (C=O) groups is 2. The first kappa shape index (κ1) is 26.7. The first-order chi connectivity index (χ1) is 16.7. The summed E-state index contributed by atoms with van der Waals surface area (Å²) in [7, 11) is 0. The van der Waals surface area contributed by atoms with E-state index in [2.05, 4.69) is 10.3 Å². The highest BCUT2D eigenvalue weighted by molar-refractivity contribution is 7.15. The molecular formula is C26H29ClN2O5S. The van der Waals surface area contributed by atoms with E-state index in [0.29, 0.717) is 28.1 Å². The molecule has 0 saturated carbocycles. The molecule has 1 aromatic heterocycles. The molecule has 0 aliphatic rings. The van der Waals surface area contributed by atoms with Crippen molar-refractivity contribution in [2.75, 3.05) is 6.61 Å². The van der Waals surface area contributed by atoms with E-state index < -0.39 is 12.1 Å². The molecule has 1 heterocycles. The van der Waals surface area contributed by atoms with E-state index in [1.54, 1.807) is 26.0 Å². The molecule has 1 unspecified atom stereocenters. The molecule has 9 heteroatoms. The molecule has 2 N–H and O–H groups in total. The minimum absolute atomic E-state index is 0.198. The number of aryl methyl sites for hydroxylation is 1. The van der Waals surface area contributed by atoms with Crippen LogP contribution >= 0.6 is 22.9 Å². The van der Waals surface area contributed by atoms with Crippen molar-refractivity contribution >= 4 is 34.8 Å². The van der Waals surface area contributed by atoms with Crippen LogP contribution in [0, 0.1) is 6.92 Å². The molecule has 7 nitrogen and oxygen atoms in total. The number of nitrogens with zero attached hydrogens (tertiary/aromatic N) is 1. The van der Waals surface area contributed by atoms with Gasteiger partial charge in [0.1, 0.15) is 16.5 Å². The van der Waals surface area contributed by atoms with Gasteiger partial charge in [0.15, 0.2) is 6.10 Å². The summed E-state index contributed by atoms with van der Waals surface area (Å²) in [5, 5.41) is 13.7. The fraction of sp³-hybridized carbons (Fsp3) is 0.346. The Morgan fingerprint density at radius 1 is 1.20 bits per heavy atom. The maximum Gasteiger partial charge on any atom is 0.333 e. The van der Waals surface area contributed by atoms with Crippen LogP contribution < -0.4 is 10.1 Å². The van der Waals surface area contributed by atoms with Crippen LogP contribution in [0.15, 0.2) is 42.5 Å². The van der Waals surface area contributed by atoms with Gasteiger partial charge in [-0.3, -0.25) is 4.79 Å².